The van der Waals surface area contributed by atoms with Crippen LogP contribution in [-0.2, 0) is 14.2 Å². The van der Waals surface area contributed by atoms with Gasteiger partial charge in [-0.1, -0.05) is 0 Å². The van der Waals surface area contributed by atoms with Crippen LogP contribution in [-0.4, -0.2) is 38.6 Å². The predicted octanol–water partition coefficient (Wildman–Crippen LogP) is -0.791. The van der Waals surface area contributed by atoms with Gasteiger partial charge in [-0.25, -0.2) is 0 Å². The maximum Gasteiger partial charge on any atom is 0.347 e. The highest BCUT2D eigenvalue weighted by molar-refractivity contribution is 7.52. The molecule has 8 nitrogen and oxygen atoms in total. The molecule has 0 aliphatic carbocycles. The molecular weight excluding hydrogens is 251 g/mol. The van der Waals surface area contributed by atoms with Crippen molar-refractivity contribution in [2.24, 2.45) is 5.73 Å². The van der Waals surface area contributed by atoms with Crippen LogP contribution < -0.4 is 11.1 Å². The number of aliphatic carboxylic acids is 1. The van der Waals surface area contributed by atoms with Crippen LogP contribution in [0.2, 0.25) is 0 Å². The Morgan fingerprint density at radius 1 is 1.41 bits per heavy atom. The van der Waals surface area contributed by atoms with Gasteiger partial charge in [-0.2, -0.15) is 0 Å². The molecule has 0 fully saturated rings. The van der Waals surface area contributed by atoms with Crippen molar-refractivity contribution in [3.63, 3.8) is 0 Å². The van der Waals surface area contributed by atoms with E-state index in [1.807, 2.05) is 0 Å². The van der Waals surface area contributed by atoms with Gasteiger partial charge in [0.15, 0.2) is 0 Å². The van der Waals surface area contributed by atoms with Gasteiger partial charge in [0.25, 0.3) is 0 Å². The van der Waals surface area contributed by atoms with Gasteiger partial charge < -0.3 is 25.9 Å². The first-order chi connectivity index (χ1) is 7.64. The molecule has 0 aliphatic rings. The van der Waals surface area contributed by atoms with Crippen LogP contribution in [0.3, 0.4) is 0 Å². The zero-order valence-corrected chi connectivity index (χ0v) is 10.3. The Hall–Kier alpha value is -0.950. The maximum atomic E-state index is 11.2. The van der Waals surface area contributed by atoms with Crippen LogP contribution in [0.4, 0.5) is 0 Å². The molecule has 6 N–H and O–H groups in total. The number of carboxylic acid groups (broad SMARTS) is 1. The molecule has 0 saturated heterocycles. The van der Waals surface area contributed by atoms with Crippen molar-refractivity contribution in [1.82, 2.24) is 5.32 Å². The summed E-state index contributed by atoms with van der Waals surface area (Å²) >= 11 is 0. The summed E-state index contributed by atoms with van der Waals surface area (Å²) in [7, 11) is -4.51. The molecule has 0 spiro atoms. The second kappa shape index (κ2) is 6.70. The molecule has 0 radical (unpaired) electrons. The van der Waals surface area contributed by atoms with Gasteiger partial charge in [-0.15, -0.1) is 0 Å². The van der Waals surface area contributed by atoms with Crippen molar-refractivity contribution in [3.8, 4) is 0 Å². The van der Waals surface area contributed by atoms with Crippen LogP contribution in [0.25, 0.3) is 0 Å². The molecule has 0 rings (SSSR count). The summed E-state index contributed by atoms with van der Waals surface area (Å²) in [5.74, 6) is -3.14. The number of rotatable bonds is 7. The van der Waals surface area contributed by atoms with Crippen molar-refractivity contribution in [1.29, 1.82) is 0 Å². The first-order valence-electron chi connectivity index (χ1n) is 4.97. The van der Waals surface area contributed by atoms with Crippen molar-refractivity contribution < 1.29 is 29.0 Å². The Bertz CT molecular complexity index is 326. The van der Waals surface area contributed by atoms with Crippen molar-refractivity contribution >= 4 is 19.5 Å². The average Bonchev–Trinajstić information content (AvgIpc) is 2.13. The lowest BCUT2D eigenvalue weighted by Crippen LogP contribution is -2.43. The SMILES string of the molecule is C[C@H](N)C(=O)NC(CCCC(=O)O)P(=O)(O)O. The average molecular weight is 268 g/mol. The fraction of sp³-hybridized carbons (Fsp3) is 0.750. The first-order valence-corrected chi connectivity index (χ1v) is 6.65. The molecule has 17 heavy (non-hydrogen) atoms. The number of carbonyl (C=O) groups is 2. The molecule has 100 valence electrons. The van der Waals surface area contributed by atoms with Crippen LogP contribution in [0, 0.1) is 0 Å². The third-order valence-corrected chi connectivity index (χ3v) is 3.20. The summed E-state index contributed by atoms with van der Waals surface area (Å²) < 4.78 is 11.1. The smallest absolute Gasteiger partial charge is 0.347 e. The summed E-state index contributed by atoms with van der Waals surface area (Å²) in [6, 6.07) is -0.886. The Labute approximate surface area is 98.4 Å². The number of hydrogen-bond donors (Lipinski definition) is 5. The molecule has 1 unspecified atom stereocenters. The minimum absolute atomic E-state index is 0.0599. The van der Waals surface area contributed by atoms with Gasteiger partial charge in [-0.3, -0.25) is 14.2 Å². The van der Waals surface area contributed by atoms with Crippen LogP contribution in [0.15, 0.2) is 0 Å². The first kappa shape index (κ1) is 16.1. The zero-order valence-electron chi connectivity index (χ0n) is 9.37. The number of nitrogens with two attached hydrogens (primary N) is 1. The van der Waals surface area contributed by atoms with E-state index in [4.69, 9.17) is 20.6 Å². The van der Waals surface area contributed by atoms with Gasteiger partial charge >= 0.3 is 13.6 Å². The van der Waals surface area contributed by atoms with E-state index < -0.39 is 31.3 Å². The van der Waals surface area contributed by atoms with Crippen LogP contribution in [0.5, 0.6) is 0 Å². The van der Waals surface area contributed by atoms with Gasteiger partial charge in [-0.05, 0) is 19.8 Å². The summed E-state index contributed by atoms with van der Waals surface area (Å²) in [5.41, 5.74) is 5.25. The van der Waals surface area contributed by atoms with Crippen LogP contribution >= 0.6 is 7.60 Å². The van der Waals surface area contributed by atoms with E-state index in [1.165, 1.54) is 6.92 Å². The number of amides is 1. The van der Waals surface area contributed by atoms with E-state index in [2.05, 4.69) is 5.32 Å². The zero-order chi connectivity index (χ0) is 13.6. The Morgan fingerprint density at radius 2 is 1.94 bits per heavy atom. The number of carboxylic acids is 1. The second-order valence-electron chi connectivity index (χ2n) is 3.69. The minimum Gasteiger partial charge on any atom is -0.481 e. The lowest BCUT2D eigenvalue weighted by atomic mass is 10.2. The number of hydrogen-bond acceptors (Lipinski definition) is 4. The van der Waals surface area contributed by atoms with Gasteiger partial charge in [0.2, 0.25) is 5.91 Å². The van der Waals surface area contributed by atoms with Crippen molar-refractivity contribution in [2.45, 2.75) is 38.0 Å². The quantitative estimate of drug-likeness (QED) is 0.379. The number of nitrogens with one attached hydrogen (secondary N) is 1. The molecule has 2 atom stereocenters. The van der Waals surface area contributed by atoms with Gasteiger partial charge in [0.05, 0.1) is 6.04 Å². The molecule has 0 aromatic heterocycles. The van der Waals surface area contributed by atoms with Crippen molar-refractivity contribution in [3.05, 3.63) is 0 Å². The van der Waals surface area contributed by atoms with Crippen molar-refractivity contribution in [2.75, 3.05) is 0 Å². The molecule has 0 saturated carbocycles. The van der Waals surface area contributed by atoms with E-state index in [-0.39, 0.29) is 19.3 Å². The summed E-state index contributed by atoms with van der Waals surface area (Å²) in [6.45, 7) is 1.38. The third kappa shape index (κ3) is 7.06. The monoisotopic (exact) mass is 268 g/mol. The highest BCUT2D eigenvalue weighted by Crippen LogP contribution is 2.41. The Kier molecular flexibility index (Phi) is 6.33. The van der Waals surface area contributed by atoms with Gasteiger partial charge in [0.1, 0.15) is 5.78 Å². The summed E-state index contributed by atoms with van der Waals surface area (Å²) in [4.78, 5) is 39.4. The molecule has 1 amide bonds. The predicted molar refractivity (Wildman–Crippen MR) is 59.1 cm³/mol. The lowest BCUT2D eigenvalue weighted by molar-refractivity contribution is -0.137. The van der Waals surface area contributed by atoms with E-state index >= 15 is 0 Å². The van der Waals surface area contributed by atoms with E-state index in [0.29, 0.717) is 0 Å². The van der Waals surface area contributed by atoms with E-state index in [0.717, 1.165) is 0 Å². The largest absolute Gasteiger partial charge is 0.481 e. The van der Waals surface area contributed by atoms with E-state index in [1.54, 1.807) is 0 Å². The lowest BCUT2D eigenvalue weighted by Gasteiger charge is -2.20. The number of carbonyl (C=O) groups excluding carboxylic acids is 1. The molecule has 0 aliphatic heterocycles. The highest BCUT2D eigenvalue weighted by atomic mass is 31.2. The van der Waals surface area contributed by atoms with Crippen LogP contribution in [0.1, 0.15) is 26.2 Å². The molecule has 0 aromatic rings. The maximum absolute atomic E-state index is 11.2. The highest BCUT2D eigenvalue weighted by Gasteiger charge is 2.30. The Balaban J connectivity index is 4.41. The fourth-order valence-corrected chi connectivity index (χ4v) is 1.88. The van der Waals surface area contributed by atoms with Gasteiger partial charge in [0, 0.05) is 6.42 Å². The summed E-state index contributed by atoms with van der Waals surface area (Å²) in [6.07, 6.45) is -0.274. The molecule has 9 heteroatoms. The standard InChI is InChI=1S/C8H17N2O6P/c1-5(9)8(13)10-6(17(14,15)16)3-2-4-7(11)12/h5-6H,2-4,9H2,1H3,(H,10,13)(H,11,12)(H2,14,15,16)/t5-,6?/m0/s1. The topological polar surface area (TPSA) is 150 Å². The second-order valence-corrected chi connectivity index (χ2v) is 5.49. The van der Waals surface area contributed by atoms with E-state index in [9.17, 15) is 14.2 Å². The molecule has 0 bridgehead atoms. The minimum atomic E-state index is -4.51. The molecule has 0 heterocycles. The molecule has 0 aromatic carbocycles. The Morgan fingerprint density at radius 3 is 2.29 bits per heavy atom. The summed E-state index contributed by atoms with van der Waals surface area (Å²) in [5, 5.41) is 10.5. The molecular formula is C8H17N2O6P. The third-order valence-electron chi connectivity index (χ3n) is 2.00. The fourth-order valence-electron chi connectivity index (χ4n) is 1.07. The normalized spacial score (nSPS) is 15.1.